The van der Waals surface area contributed by atoms with Gasteiger partial charge in [0.05, 0.1) is 35.5 Å². The second kappa shape index (κ2) is 7.50. The van der Waals surface area contributed by atoms with E-state index in [-0.39, 0.29) is 12.5 Å². The topological polar surface area (TPSA) is 114 Å². The molecule has 0 unspecified atom stereocenters. The van der Waals surface area contributed by atoms with Gasteiger partial charge in [-0.2, -0.15) is 5.26 Å². The molecule has 0 aromatic carbocycles. The van der Waals surface area contributed by atoms with Crippen LogP contribution in [0.15, 0.2) is 36.7 Å². The second-order valence-corrected chi connectivity index (χ2v) is 8.14. The highest BCUT2D eigenvalue weighted by Gasteiger charge is 2.49. The van der Waals surface area contributed by atoms with Crippen molar-refractivity contribution in [1.82, 2.24) is 15.3 Å². The van der Waals surface area contributed by atoms with Gasteiger partial charge in [0.15, 0.2) is 0 Å². The molecule has 2 aromatic rings. The number of ether oxygens (including phenoxy) is 1. The van der Waals surface area contributed by atoms with Gasteiger partial charge in [-0.15, -0.1) is 0 Å². The van der Waals surface area contributed by atoms with E-state index in [1.54, 1.807) is 43.6 Å². The van der Waals surface area contributed by atoms with Crippen LogP contribution in [-0.4, -0.2) is 57.9 Å². The van der Waals surface area contributed by atoms with Crippen molar-refractivity contribution in [2.45, 2.75) is 43.4 Å². The fourth-order valence-electron chi connectivity index (χ4n) is 4.30. The third-order valence-electron chi connectivity index (χ3n) is 6.01. The number of hydrogen-bond acceptors (Lipinski definition) is 6. The molecule has 0 radical (unpaired) electrons. The second-order valence-electron chi connectivity index (χ2n) is 8.14. The zero-order valence-electron chi connectivity index (χ0n) is 16.4. The number of aliphatic hydroxyl groups is 1. The van der Waals surface area contributed by atoms with Gasteiger partial charge in [0.2, 0.25) is 0 Å². The van der Waals surface area contributed by atoms with Crippen molar-refractivity contribution in [3.63, 3.8) is 0 Å². The summed E-state index contributed by atoms with van der Waals surface area (Å²) in [6.45, 7) is 3.50. The number of nitrogens with one attached hydrogen (secondary N) is 2. The lowest BCUT2D eigenvalue weighted by molar-refractivity contribution is -0.176. The molecule has 2 aromatic heterocycles. The molecule has 4 heterocycles. The summed E-state index contributed by atoms with van der Waals surface area (Å²) >= 11 is 0. The number of carbonyl (C=O) groups is 1. The Morgan fingerprint density at radius 2 is 2.24 bits per heavy atom. The first-order valence-corrected chi connectivity index (χ1v) is 9.83. The normalized spacial score (nSPS) is 26.1. The number of carbonyl (C=O) groups excluding carboxylic acids is 1. The summed E-state index contributed by atoms with van der Waals surface area (Å²) in [4.78, 5) is 21.7. The Bertz CT molecular complexity index is 911. The van der Waals surface area contributed by atoms with Crippen LogP contribution in [0.4, 0.5) is 5.82 Å². The van der Waals surface area contributed by atoms with Crippen LogP contribution in [0.3, 0.4) is 0 Å². The largest absolute Gasteiger partial charge is 0.388 e. The first-order valence-electron chi connectivity index (χ1n) is 9.83. The minimum atomic E-state index is -1.07. The van der Waals surface area contributed by atoms with E-state index < -0.39 is 17.2 Å². The van der Waals surface area contributed by atoms with E-state index in [0.29, 0.717) is 17.7 Å². The minimum Gasteiger partial charge on any atom is -0.388 e. The Morgan fingerprint density at radius 1 is 1.45 bits per heavy atom. The zero-order valence-corrected chi connectivity index (χ0v) is 16.4. The summed E-state index contributed by atoms with van der Waals surface area (Å²) in [5.74, 6) is 0.538. The van der Waals surface area contributed by atoms with Gasteiger partial charge in [0.1, 0.15) is 11.5 Å². The van der Waals surface area contributed by atoms with Gasteiger partial charge in [-0.1, -0.05) is 0 Å². The standard InChI is InChI=1S/C21H25N5O3/c1-20(28)14-21(29-13-17(20)25-19(27)16-3-2-7-23-16)5-9-26(10-6-21)18-11-15(12-22)4-8-24-18/h2-4,7-8,11,17,23,28H,5-6,9-10,13-14H2,1H3,(H,25,27)/t17-,20-/m0/s1. The molecule has 2 aliphatic heterocycles. The van der Waals surface area contributed by atoms with Crippen molar-refractivity contribution < 1.29 is 14.6 Å². The van der Waals surface area contributed by atoms with E-state index in [2.05, 4.69) is 26.3 Å². The summed E-state index contributed by atoms with van der Waals surface area (Å²) < 4.78 is 6.22. The van der Waals surface area contributed by atoms with Crippen LogP contribution in [0, 0.1) is 11.3 Å². The predicted octanol–water partition coefficient (Wildman–Crippen LogP) is 1.59. The number of amides is 1. The van der Waals surface area contributed by atoms with E-state index in [9.17, 15) is 9.90 Å². The quantitative estimate of drug-likeness (QED) is 0.727. The third-order valence-corrected chi connectivity index (χ3v) is 6.01. The Kier molecular flexibility index (Phi) is 5.03. The molecule has 4 rings (SSSR count). The minimum absolute atomic E-state index is 0.252. The van der Waals surface area contributed by atoms with E-state index in [4.69, 9.17) is 10.00 Å². The van der Waals surface area contributed by atoms with Gasteiger partial charge in [0, 0.05) is 31.9 Å². The number of rotatable bonds is 3. The molecular weight excluding hydrogens is 370 g/mol. The van der Waals surface area contributed by atoms with Crippen molar-refractivity contribution in [2.24, 2.45) is 0 Å². The highest BCUT2D eigenvalue weighted by atomic mass is 16.5. The number of nitrogens with zero attached hydrogens (tertiary/aromatic N) is 3. The maximum Gasteiger partial charge on any atom is 0.268 e. The summed E-state index contributed by atoms with van der Waals surface area (Å²) in [5, 5.41) is 23.1. The first kappa shape index (κ1) is 19.4. The molecule has 8 nitrogen and oxygen atoms in total. The lowest BCUT2D eigenvalue weighted by Crippen LogP contribution is -2.64. The summed E-state index contributed by atoms with van der Waals surface area (Å²) in [5.41, 5.74) is -0.434. The van der Waals surface area contributed by atoms with Crippen LogP contribution < -0.4 is 10.2 Å². The van der Waals surface area contributed by atoms with E-state index in [0.717, 1.165) is 31.7 Å². The van der Waals surface area contributed by atoms with Crippen molar-refractivity contribution >= 4 is 11.7 Å². The van der Waals surface area contributed by atoms with Crippen LogP contribution in [0.5, 0.6) is 0 Å². The molecular formula is C21H25N5O3. The predicted molar refractivity (Wildman–Crippen MR) is 106 cm³/mol. The number of pyridine rings is 1. The highest BCUT2D eigenvalue weighted by Crippen LogP contribution is 2.40. The average Bonchev–Trinajstić information content (AvgIpc) is 3.25. The van der Waals surface area contributed by atoms with E-state index in [1.165, 1.54) is 0 Å². The van der Waals surface area contributed by atoms with Crippen molar-refractivity contribution in [3.8, 4) is 6.07 Å². The number of hydrogen-bond donors (Lipinski definition) is 3. The molecule has 0 saturated carbocycles. The SMILES string of the molecule is C[C@]1(O)CC2(CCN(c3cc(C#N)ccn3)CC2)OC[C@@H]1NC(=O)c1ccc[nH]1. The smallest absolute Gasteiger partial charge is 0.268 e. The van der Waals surface area contributed by atoms with Crippen molar-refractivity contribution in [1.29, 1.82) is 5.26 Å². The molecule has 1 amide bonds. The van der Waals surface area contributed by atoms with Gasteiger partial charge in [-0.05, 0) is 44.0 Å². The van der Waals surface area contributed by atoms with Crippen LogP contribution in [0.25, 0.3) is 0 Å². The van der Waals surface area contributed by atoms with Gasteiger partial charge >= 0.3 is 0 Å². The van der Waals surface area contributed by atoms with Crippen molar-refractivity contribution in [3.05, 3.63) is 47.9 Å². The Balaban J connectivity index is 1.39. The highest BCUT2D eigenvalue weighted by molar-refractivity contribution is 5.92. The number of piperidine rings is 1. The molecule has 2 atom stereocenters. The Labute approximate surface area is 169 Å². The molecule has 0 aliphatic carbocycles. The molecule has 1 spiro atoms. The average molecular weight is 395 g/mol. The van der Waals surface area contributed by atoms with E-state index >= 15 is 0 Å². The number of aromatic amines is 1. The monoisotopic (exact) mass is 395 g/mol. The van der Waals surface area contributed by atoms with Crippen LogP contribution in [-0.2, 0) is 4.74 Å². The molecule has 0 bridgehead atoms. The molecule has 3 N–H and O–H groups in total. The van der Waals surface area contributed by atoms with Gasteiger partial charge in [-0.3, -0.25) is 4.79 Å². The van der Waals surface area contributed by atoms with Gasteiger partial charge < -0.3 is 25.0 Å². The lowest BCUT2D eigenvalue weighted by Gasteiger charge is -2.51. The zero-order chi connectivity index (χ0) is 20.5. The fraction of sp³-hybridized carbons (Fsp3) is 0.476. The van der Waals surface area contributed by atoms with Gasteiger partial charge in [0.25, 0.3) is 5.91 Å². The van der Waals surface area contributed by atoms with E-state index in [1.807, 2.05) is 0 Å². The fourth-order valence-corrected chi connectivity index (χ4v) is 4.30. The molecule has 8 heteroatoms. The summed E-state index contributed by atoms with van der Waals surface area (Å²) in [6, 6.07) is 8.61. The maximum atomic E-state index is 12.3. The van der Waals surface area contributed by atoms with Gasteiger partial charge in [-0.25, -0.2) is 4.98 Å². The number of anilines is 1. The lowest BCUT2D eigenvalue weighted by atomic mass is 9.75. The number of aromatic nitrogens is 2. The van der Waals surface area contributed by atoms with Crippen molar-refractivity contribution in [2.75, 3.05) is 24.6 Å². The third kappa shape index (κ3) is 3.97. The summed E-state index contributed by atoms with van der Waals surface area (Å²) in [7, 11) is 0. The van der Waals surface area contributed by atoms with Crippen LogP contribution >= 0.6 is 0 Å². The number of H-pyrrole nitrogens is 1. The maximum absolute atomic E-state index is 12.3. The molecule has 152 valence electrons. The molecule has 2 aliphatic rings. The molecule has 2 fully saturated rings. The summed E-state index contributed by atoms with van der Waals surface area (Å²) in [6.07, 6.45) is 5.29. The van der Waals surface area contributed by atoms with Crippen LogP contribution in [0.1, 0.15) is 42.2 Å². The molecule has 2 saturated heterocycles. The first-order chi connectivity index (χ1) is 13.9. The van der Waals surface area contributed by atoms with Crippen LogP contribution in [0.2, 0.25) is 0 Å². The molecule has 29 heavy (non-hydrogen) atoms. The Hall–Kier alpha value is -2.89. The Morgan fingerprint density at radius 3 is 2.90 bits per heavy atom. The number of nitriles is 1.